The zero-order valence-electron chi connectivity index (χ0n) is 7.86. The average molecular weight is 269 g/mol. The van der Waals surface area contributed by atoms with Gasteiger partial charge in [-0.3, -0.25) is 0 Å². The summed E-state index contributed by atoms with van der Waals surface area (Å²) < 4.78 is 5.16. The maximum absolute atomic E-state index is 5.16. The third-order valence-electron chi connectivity index (χ3n) is 0.962. The van der Waals surface area contributed by atoms with Gasteiger partial charge in [-0.1, -0.05) is 6.92 Å². The average Bonchev–Trinajstić information content (AvgIpc) is 1.89. The van der Waals surface area contributed by atoms with Crippen LogP contribution < -0.4 is 5.32 Å². The van der Waals surface area contributed by atoms with Crippen LogP contribution in [0.5, 0.6) is 0 Å². The van der Waals surface area contributed by atoms with Gasteiger partial charge in [0.05, 0.1) is 6.61 Å². The Kier molecular flexibility index (Phi) is 18.4. The minimum atomic E-state index is 0. The van der Waals surface area contributed by atoms with E-state index in [2.05, 4.69) is 19.2 Å². The van der Waals surface area contributed by atoms with Crippen molar-refractivity contribution in [1.29, 1.82) is 0 Å². The maximum Gasteiger partial charge on any atom is 2.00 e. The number of hydrogen-bond donors (Lipinski definition) is 1. The molecule has 0 aliphatic carbocycles. The second-order valence-electron chi connectivity index (χ2n) is 1.82. The standard InChI is InChI=1S/C7H16NO.Ba.H/c1-3-6-9-7-5-8-4-2;;/h8H,1,3-7H2,2H3;;/q-1;+2;-1. The van der Waals surface area contributed by atoms with Crippen molar-refractivity contribution >= 4 is 48.9 Å². The fraction of sp³-hybridized carbons (Fsp3) is 0.857. The molecule has 3 heteroatoms. The van der Waals surface area contributed by atoms with Crippen molar-refractivity contribution in [2.75, 3.05) is 26.3 Å². The number of likely N-dealkylation sites (N-methyl/N-ethyl adjacent to an activating group) is 1. The summed E-state index contributed by atoms with van der Waals surface area (Å²) in [5.74, 6) is 0. The van der Waals surface area contributed by atoms with Crippen LogP contribution in [0, 0.1) is 6.92 Å². The Labute approximate surface area is 106 Å². The van der Waals surface area contributed by atoms with Crippen LogP contribution in [0.15, 0.2) is 0 Å². The van der Waals surface area contributed by atoms with E-state index in [-0.39, 0.29) is 50.3 Å². The summed E-state index contributed by atoms with van der Waals surface area (Å²) in [4.78, 5) is 0. The van der Waals surface area contributed by atoms with Gasteiger partial charge >= 0.3 is 48.9 Å². The molecule has 0 bridgehead atoms. The summed E-state index contributed by atoms with van der Waals surface area (Å²) in [6.45, 7) is 9.31. The molecule has 1 N–H and O–H groups in total. The van der Waals surface area contributed by atoms with Crippen LogP contribution in [-0.2, 0) is 4.74 Å². The smallest absolute Gasteiger partial charge is 1.00 e. The summed E-state index contributed by atoms with van der Waals surface area (Å²) in [6.07, 6.45) is 0.867. The Bertz CT molecular complexity index is 51.7. The SMILES string of the molecule is [Ba+2].[CH2-]CCOCCNCC.[H-]. The largest absolute Gasteiger partial charge is 2.00 e. The van der Waals surface area contributed by atoms with Crippen LogP contribution in [0.1, 0.15) is 14.8 Å². The van der Waals surface area contributed by atoms with E-state index in [1.165, 1.54) is 0 Å². The third kappa shape index (κ3) is 12.2. The van der Waals surface area contributed by atoms with Gasteiger partial charge in [-0.25, -0.2) is 0 Å². The molecule has 0 aromatic rings. The molecule has 10 heavy (non-hydrogen) atoms. The van der Waals surface area contributed by atoms with E-state index in [1.54, 1.807) is 0 Å². The van der Waals surface area contributed by atoms with E-state index in [1.807, 2.05) is 0 Å². The molecule has 0 saturated carbocycles. The molecular formula is C7H17BaNO. The molecule has 0 spiro atoms. The quantitative estimate of drug-likeness (QED) is 0.432. The molecule has 0 saturated heterocycles. The van der Waals surface area contributed by atoms with Gasteiger partial charge in [0.15, 0.2) is 0 Å². The van der Waals surface area contributed by atoms with Crippen LogP contribution in [0.3, 0.4) is 0 Å². The molecule has 0 aliphatic heterocycles. The number of hydrogen-bond acceptors (Lipinski definition) is 2. The van der Waals surface area contributed by atoms with Crippen molar-refractivity contribution in [3.63, 3.8) is 0 Å². The molecule has 0 rings (SSSR count). The summed E-state index contributed by atoms with van der Waals surface area (Å²) in [5, 5.41) is 3.16. The van der Waals surface area contributed by atoms with Gasteiger partial charge in [0.2, 0.25) is 0 Å². The van der Waals surface area contributed by atoms with Crippen molar-refractivity contribution in [3.8, 4) is 0 Å². The fourth-order valence-corrected chi connectivity index (χ4v) is 0.525. The van der Waals surface area contributed by atoms with E-state index >= 15 is 0 Å². The van der Waals surface area contributed by atoms with Crippen LogP contribution in [0.25, 0.3) is 0 Å². The van der Waals surface area contributed by atoms with E-state index < -0.39 is 0 Å². The van der Waals surface area contributed by atoms with Crippen LogP contribution in [0.4, 0.5) is 0 Å². The van der Waals surface area contributed by atoms with E-state index in [9.17, 15) is 0 Å². The molecule has 0 atom stereocenters. The van der Waals surface area contributed by atoms with Crippen molar-refractivity contribution in [3.05, 3.63) is 6.92 Å². The summed E-state index contributed by atoms with van der Waals surface area (Å²) in [6, 6.07) is 0. The van der Waals surface area contributed by atoms with Gasteiger partial charge < -0.3 is 18.4 Å². The minimum Gasteiger partial charge on any atom is -1.00 e. The summed E-state index contributed by atoms with van der Waals surface area (Å²) >= 11 is 0. The fourth-order valence-electron chi connectivity index (χ4n) is 0.525. The molecule has 0 aliphatic rings. The predicted molar refractivity (Wildman–Crippen MR) is 46.2 cm³/mol. The first-order chi connectivity index (χ1) is 4.41. The maximum atomic E-state index is 5.16. The molecule has 0 radical (unpaired) electrons. The summed E-state index contributed by atoms with van der Waals surface area (Å²) in [7, 11) is 0. The number of nitrogens with one attached hydrogen (secondary N) is 1. The van der Waals surface area contributed by atoms with Crippen molar-refractivity contribution in [2.24, 2.45) is 0 Å². The van der Waals surface area contributed by atoms with E-state index in [0.29, 0.717) is 0 Å². The molecule has 0 unspecified atom stereocenters. The molecule has 58 valence electrons. The summed E-state index contributed by atoms with van der Waals surface area (Å²) in [5.41, 5.74) is 0. The third-order valence-corrected chi connectivity index (χ3v) is 0.962. The Morgan fingerprint density at radius 3 is 2.70 bits per heavy atom. The number of ether oxygens (including phenoxy) is 1. The van der Waals surface area contributed by atoms with E-state index in [4.69, 9.17) is 4.74 Å². The second kappa shape index (κ2) is 13.1. The molecule has 0 aromatic heterocycles. The zero-order valence-corrected chi connectivity index (χ0v) is 11.3. The zero-order chi connectivity index (χ0) is 6.95. The van der Waals surface area contributed by atoms with Crippen molar-refractivity contribution < 1.29 is 6.16 Å². The second-order valence-corrected chi connectivity index (χ2v) is 1.82. The van der Waals surface area contributed by atoms with Crippen molar-refractivity contribution in [1.82, 2.24) is 5.32 Å². The molecule has 0 heterocycles. The van der Waals surface area contributed by atoms with Crippen molar-refractivity contribution in [2.45, 2.75) is 13.3 Å². The topological polar surface area (TPSA) is 21.3 Å². The van der Waals surface area contributed by atoms with Gasteiger partial charge in [-0.2, -0.15) is 6.42 Å². The molecular weight excluding hydrogens is 251 g/mol. The van der Waals surface area contributed by atoms with Gasteiger partial charge in [0.1, 0.15) is 0 Å². The first-order valence-electron chi connectivity index (χ1n) is 3.49. The Morgan fingerprint density at radius 2 is 2.20 bits per heavy atom. The van der Waals surface area contributed by atoms with Gasteiger partial charge in [-0.15, -0.1) is 0 Å². The molecule has 0 fully saturated rings. The molecule has 2 nitrogen and oxygen atoms in total. The predicted octanol–water partition coefficient (Wildman–Crippen LogP) is 0.568. The normalized spacial score (nSPS) is 9.00. The van der Waals surface area contributed by atoms with Gasteiger partial charge in [0.25, 0.3) is 0 Å². The van der Waals surface area contributed by atoms with Crippen LogP contribution in [0.2, 0.25) is 0 Å². The van der Waals surface area contributed by atoms with E-state index in [0.717, 1.165) is 32.7 Å². The Balaban J connectivity index is -0.000000320. The Hall–Kier alpha value is 1.49. The van der Waals surface area contributed by atoms with Crippen LogP contribution >= 0.6 is 0 Å². The monoisotopic (exact) mass is 269 g/mol. The molecule has 0 aromatic carbocycles. The first kappa shape index (κ1) is 14.0. The van der Waals surface area contributed by atoms with Gasteiger partial charge in [-0.05, 0) is 6.54 Å². The molecule has 0 amide bonds. The minimum absolute atomic E-state index is 0. The number of rotatable bonds is 6. The Morgan fingerprint density at radius 1 is 1.50 bits per heavy atom. The van der Waals surface area contributed by atoms with Crippen LogP contribution in [-0.4, -0.2) is 75.2 Å². The first-order valence-corrected chi connectivity index (χ1v) is 3.49. The van der Waals surface area contributed by atoms with Gasteiger partial charge in [0, 0.05) is 13.2 Å².